The minimum Gasteiger partial charge on any atom is -0.496 e. The zero-order valence-corrected chi connectivity index (χ0v) is 34.0. The second-order valence-electron chi connectivity index (χ2n) is 13.3. The summed E-state index contributed by atoms with van der Waals surface area (Å²) in [6.45, 7) is 1.26. The number of amides is 3. The summed E-state index contributed by atoms with van der Waals surface area (Å²) < 4.78 is 45.5. The zero-order valence-electron chi connectivity index (χ0n) is 32.4. The highest BCUT2D eigenvalue weighted by Gasteiger charge is 2.40. The molecule has 17 heteroatoms. The van der Waals surface area contributed by atoms with Crippen LogP contribution in [0.25, 0.3) is 5.57 Å². The van der Waals surface area contributed by atoms with Crippen LogP contribution in [0, 0.1) is 15.5 Å². The van der Waals surface area contributed by atoms with E-state index in [1.807, 2.05) is 48.5 Å². The minimum atomic E-state index is -4.66. The van der Waals surface area contributed by atoms with Gasteiger partial charge in [-0.15, -0.1) is 11.8 Å². The molecule has 0 heterocycles. The number of nitrogens with one attached hydrogen (secondary N) is 3. The lowest BCUT2D eigenvalue weighted by Gasteiger charge is -2.31. The molecule has 15 nitrogen and oxygen atoms in total. The summed E-state index contributed by atoms with van der Waals surface area (Å²) >= 11 is 1.46. The van der Waals surface area contributed by atoms with Crippen LogP contribution in [0.15, 0.2) is 101 Å². The molecule has 3 N–H and O–H groups in total. The standard InChI is InChI=1S/C40H49N5O10S2/c1-44(2)38(47)26-30(28-56-31-10-6-5-7-11-31)42-34-15-14-32(27-35(34)45(49)50)57(51,52)43-39(48)40(21-18-37(46)41-22-23-55-25-24-53-3)19-16-29(17-20-40)33-12-8-9-13-36(33)54-4/h5-17,19,27,30,42H,18,20-26,28H2,1-4H3,(H,41,46)(H,43,48)/t30-,40?/m1/s1. The summed E-state index contributed by atoms with van der Waals surface area (Å²) in [6, 6.07) is 19.5. The number of thioether (sulfide) groups is 1. The van der Waals surface area contributed by atoms with E-state index in [9.17, 15) is 32.9 Å². The summed E-state index contributed by atoms with van der Waals surface area (Å²) in [7, 11) is 1.65. The number of hydrogen-bond acceptors (Lipinski definition) is 12. The van der Waals surface area contributed by atoms with E-state index in [4.69, 9.17) is 14.2 Å². The third-order valence-electron chi connectivity index (χ3n) is 9.11. The molecule has 4 rings (SSSR count). The van der Waals surface area contributed by atoms with Crippen molar-refractivity contribution in [2.24, 2.45) is 5.41 Å². The fourth-order valence-electron chi connectivity index (χ4n) is 5.87. The van der Waals surface area contributed by atoms with Crippen molar-refractivity contribution in [1.82, 2.24) is 14.9 Å². The van der Waals surface area contributed by atoms with Crippen LogP contribution in [0.4, 0.5) is 11.4 Å². The monoisotopic (exact) mass is 823 g/mol. The van der Waals surface area contributed by atoms with Gasteiger partial charge in [0, 0.05) is 68.9 Å². The molecule has 1 unspecified atom stereocenters. The number of rotatable bonds is 22. The second-order valence-corrected chi connectivity index (χ2v) is 16.1. The summed E-state index contributed by atoms with van der Waals surface area (Å²) in [6.07, 6.45) is 4.95. The highest BCUT2D eigenvalue weighted by molar-refractivity contribution is 7.99. The van der Waals surface area contributed by atoms with E-state index in [0.717, 1.165) is 28.2 Å². The van der Waals surface area contributed by atoms with Crippen molar-refractivity contribution in [3.05, 3.63) is 107 Å². The van der Waals surface area contributed by atoms with Gasteiger partial charge in [0.2, 0.25) is 17.7 Å². The van der Waals surface area contributed by atoms with Gasteiger partial charge in [-0.05, 0) is 48.7 Å². The minimum absolute atomic E-state index is 0.00583. The van der Waals surface area contributed by atoms with Gasteiger partial charge in [0.1, 0.15) is 11.4 Å². The van der Waals surface area contributed by atoms with Crippen molar-refractivity contribution in [3.8, 4) is 5.75 Å². The Morgan fingerprint density at radius 3 is 2.40 bits per heavy atom. The molecule has 0 fully saturated rings. The smallest absolute Gasteiger partial charge is 0.293 e. The van der Waals surface area contributed by atoms with E-state index in [1.165, 1.54) is 29.8 Å². The number of nitrogens with zero attached hydrogens (tertiary/aromatic N) is 2. The molecule has 1 aliphatic carbocycles. The number of nitro benzene ring substituents is 1. The Hall–Kier alpha value is -5.23. The first-order chi connectivity index (χ1) is 27.3. The van der Waals surface area contributed by atoms with E-state index >= 15 is 0 Å². The average Bonchev–Trinajstić information content (AvgIpc) is 3.20. The number of nitro groups is 1. The highest BCUT2D eigenvalue weighted by atomic mass is 32.2. The lowest BCUT2D eigenvalue weighted by molar-refractivity contribution is -0.384. The van der Waals surface area contributed by atoms with Crippen LogP contribution >= 0.6 is 11.8 Å². The van der Waals surface area contributed by atoms with E-state index in [1.54, 1.807) is 45.5 Å². The number of sulfonamides is 1. The van der Waals surface area contributed by atoms with Crippen molar-refractivity contribution in [1.29, 1.82) is 0 Å². The van der Waals surface area contributed by atoms with Gasteiger partial charge in [-0.2, -0.15) is 0 Å². The van der Waals surface area contributed by atoms with Crippen molar-refractivity contribution in [3.63, 3.8) is 0 Å². The van der Waals surface area contributed by atoms with Crippen molar-refractivity contribution in [2.75, 3.05) is 65.7 Å². The molecule has 0 radical (unpaired) electrons. The predicted octanol–water partition coefficient (Wildman–Crippen LogP) is 5.05. The molecular weight excluding hydrogens is 775 g/mol. The number of allylic oxidation sites excluding steroid dienone is 3. The fourth-order valence-corrected chi connectivity index (χ4v) is 7.90. The molecule has 1 aliphatic rings. The van der Waals surface area contributed by atoms with Crippen LogP contribution in [-0.2, 0) is 33.9 Å². The van der Waals surface area contributed by atoms with Gasteiger partial charge >= 0.3 is 0 Å². The number of benzene rings is 3. The molecule has 0 aromatic heterocycles. The Labute approximate surface area is 337 Å². The Morgan fingerprint density at radius 1 is 1.00 bits per heavy atom. The molecule has 3 aromatic carbocycles. The Morgan fingerprint density at radius 2 is 1.74 bits per heavy atom. The lowest BCUT2D eigenvalue weighted by atomic mass is 9.75. The first-order valence-electron chi connectivity index (χ1n) is 18.1. The number of para-hydroxylation sites is 1. The molecule has 0 bridgehead atoms. The third kappa shape index (κ3) is 12.9. The number of carbonyl (C=O) groups is 3. The van der Waals surface area contributed by atoms with Crippen LogP contribution in [0.1, 0.15) is 31.2 Å². The van der Waals surface area contributed by atoms with Crippen LogP contribution < -0.4 is 20.1 Å². The maximum absolute atomic E-state index is 14.1. The SMILES string of the molecule is COCCOCCNC(=O)CCC1(C(=O)NS(=O)(=O)c2ccc(N[C@@H](CSc3ccccc3)CC(=O)N(C)C)c([N+](=O)[O-])c2)C=CC(c2ccccc2OC)=CC1. The average molecular weight is 824 g/mol. The highest BCUT2D eigenvalue weighted by Crippen LogP contribution is 2.40. The number of methoxy groups -OCH3 is 2. The Kier molecular flexibility index (Phi) is 16.7. The van der Waals surface area contributed by atoms with E-state index in [-0.39, 0.29) is 56.3 Å². The number of hydrogen-bond donors (Lipinski definition) is 3. The van der Waals surface area contributed by atoms with Crippen LogP contribution in [0.3, 0.4) is 0 Å². The summed E-state index contributed by atoms with van der Waals surface area (Å²) in [4.78, 5) is 53.1. The number of carbonyl (C=O) groups excluding carboxylic acids is 3. The van der Waals surface area contributed by atoms with Crippen LogP contribution in [0.5, 0.6) is 5.75 Å². The first-order valence-corrected chi connectivity index (χ1v) is 20.6. The van der Waals surface area contributed by atoms with Gasteiger partial charge in [-0.25, -0.2) is 13.1 Å². The lowest BCUT2D eigenvalue weighted by Crippen LogP contribution is -2.44. The molecular formula is C40H49N5O10S2. The van der Waals surface area contributed by atoms with E-state index in [0.29, 0.717) is 24.7 Å². The Balaban J connectivity index is 1.56. The van der Waals surface area contributed by atoms with E-state index in [2.05, 4.69) is 15.4 Å². The Bertz CT molecular complexity index is 2040. The van der Waals surface area contributed by atoms with Gasteiger partial charge in [-0.1, -0.05) is 54.6 Å². The molecule has 0 aliphatic heterocycles. The zero-order chi connectivity index (χ0) is 41.4. The van der Waals surface area contributed by atoms with Gasteiger partial charge in [0.15, 0.2) is 0 Å². The van der Waals surface area contributed by atoms with Gasteiger partial charge in [-0.3, -0.25) is 24.5 Å². The van der Waals surface area contributed by atoms with Crippen molar-refractivity contribution >= 4 is 56.5 Å². The molecule has 0 saturated carbocycles. The number of anilines is 1. The molecule has 3 amide bonds. The van der Waals surface area contributed by atoms with Gasteiger partial charge in [0.25, 0.3) is 15.7 Å². The van der Waals surface area contributed by atoms with E-state index < -0.39 is 42.9 Å². The molecule has 3 aromatic rings. The molecule has 2 atom stereocenters. The van der Waals surface area contributed by atoms with Gasteiger partial charge < -0.3 is 29.7 Å². The molecule has 0 spiro atoms. The largest absolute Gasteiger partial charge is 0.496 e. The number of ether oxygens (including phenoxy) is 3. The topological polar surface area (TPSA) is 196 Å². The maximum atomic E-state index is 14.1. The van der Waals surface area contributed by atoms with Gasteiger partial charge in [0.05, 0.1) is 42.2 Å². The summed E-state index contributed by atoms with van der Waals surface area (Å²) in [5.74, 6) is -0.495. The predicted molar refractivity (Wildman–Crippen MR) is 218 cm³/mol. The second kappa shape index (κ2) is 21.3. The maximum Gasteiger partial charge on any atom is 0.293 e. The third-order valence-corrected chi connectivity index (χ3v) is 11.6. The fraction of sp³-hybridized carbons (Fsp3) is 0.375. The quantitative estimate of drug-likeness (QED) is 0.0529. The summed E-state index contributed by atoms with van der Waals surface area (Å²) in [5.41, 5.74) is -0.524. The normalized spacial score (nSPS) is 15.5. The van der Waals surface area contributed by atoms with Crippen LogP contribution in [0.2, 0.25) is 0 Å². The van der Waals surface area contributed by atoms with Crippen LogP contribution in [-0.4, -0.2) is 102 Å². The first kappa shape index (κ1) is 44.5. The summed E-state index contributed by atoms with van der Waals surface area (Å²) in [5, 5.41) is 18.1. The molecule has 57 heavy (non-hydrogen) atoms. The molecule has 0 saturated heterocycles. The van der Waals surface area contributed by atoms with Crippen molar-refractivity contribution in [2.45, 2.75) is 41.5 Å². The molecule has 306 valence electrons. The van der Waals surface area contributed by atoms with Crippen molar-refractivity contribution < 1.29 is 41.9 Å².